The summed E-state index contributed by atoms with van der Waals surface area (Å²) in [5.74, 6) is 0.875. The second-order valence-corrected chi connectivity index (χ2v) is 7.73. The van der Waals surface area contributed by atoms with Gasteiger partial charge in [0, 0.05) is 38.4 Å². The number of aryl methyl sites for hydroxylation is 3. The van der Waals surface area contributed by atoms with Crippen LogP contribution in [-0.2, 0) is 11.3 Å². The van der Waals surface area contributed by atoms with Crippen LogP contribution in [0.3, 0.4) is 0 Å². The maximum absolute atomic E-state index is 5.55. The third kappa shape index (κ3) is 8.08. The fourth-order valence-electron chi connectivity index (χ4n) is 3.85. The van der Waals surface area contributed by atoms with Gasteiger partial charge in [-0.25, -0.2) is 0 Å². The Bertz CT molecular complexity index is 789. The van der Waals surface area contributed by atoms with E-state index in [-0.39, 0.29) is 30.0 Å². The molecule has 0 spiro atoms. The van der Waals surface area contributed by atoms with Crippen LogP contribution in [0.2, 0.25) is 0 Å². The highest BCUT2D eigenvalue weighted by atomic mass is 127. The van der Waals surface area contributed by atoms with Gasteiger partial charge in [-0.1, -0.05) is 30.3 Å². The smallest absolute Gasteiger partial charge is 0.191 e. The molecule has 0 saturated carbocycles. The van der Waals surface area contributed by atoms with Gasteiger partial charge in [0.15, 0.2) is 5.96 Å². The number of aliphatic imine (C=N–C) groups is 1. The summed E-state index contributed by atoms with van der Waals surface area (Å²) in [4.78, 5) is 7.40. The van der Waals surface area contributed by atoms with Gasteiger partial charge in [-0.15, -0.1) is 24.0 Å². The van der Waals surface area contributed by atoms with E-state index in [1.54, 1.807) is 0 Å². The van der Waals surface area contributed by atoms with Gasteiger partial charge in [-0.3, -0.25) is 14.6 Å². The average molecular weight is 540 g/mol. The molecule has 7 nitrogen and oxygen atoms in total. The van der Waals surface area contributed by atoms with Gasteiger partial charge in [0.2, 0.25) is 0 Å². The summed E-state index contributed by atoms with van der Waals surface area (Å²) in [6.07, 6.45) is 0.998. The van der Waals surface area contributed by atoms with Crippen molar-refractivity contribution >= 4 is 29.9 Å². The zero-order valence-corrected chi connectivity index (χ0v) is 21.3. The lowest BCUT2D eigenvalue weighted by Crippen LogP contribution is -2.42. The van der Waals surface area contributed by atoms with Crippen molar-refractivity contribution in [1.82, 2.24) is 25.3 Å². The Balaban J connectivity index is 0.00000341. The summed E-state index contributed by atoms with van der Waals surface area (Å²) in [6, 6.07) is 13.1. The molecule has 1 fully saturated rings. The minimum atomic E-state index is 0. The average Bonchev–Trinajstić information content (AvgIpc) is 3.09. The van der Waals surface area contributed by atoms with Gasteiger partial charge in [-0.05, 0) is 38.8 Å². The third-order valence-corrected chi connectivity index (χ3v) is 5.38. The van der Waals surface area contributed by atoms with Crippen molar-refractivity contribution in [2.45, 2.75) is 39.8 Å². The molecule has 2 aromatic rings. The van der Waals surface area contributed by atoms with Gasteiger partial charge < -0.3 is 15.4 Å². The van der Waals surface area contributed by atoms with E-state index in [1.807, 2.05) is 6.92 Å². The molecule has 3 rings (SSSR count). The van der Waals surface area contributed by atoms with E-state index in [2.05, 4.69) is 75.6 Å². The quantitative estimate of drug-likeness (QED) is 0.222. The Kier molecular flexibility index (Phi) is 11.3. The monoisotopic (exact) mass is 540 g/mol. The highest BCUT2D eigenvalue weighted by Crippen LogP contribution is 2.22. The molecule has 0 bridgehead atoms. The molecule has 1 saturated heterocycles. The molecule has 1 aliphatic rings. The van der Waals surface area contributed by atoms with Crippen LogP contribution in [0.5, 0.6) is 0 Å². The number of ether oxygens (including phenoxy) is 1. The van der Waals surface area contributed by atoms with E-state index in [4.69, 9.17) is 9.73 Å². The van der Waals surface area contributed by atoms with Crippen LogP contribution in [-0.4, -0.2) is 66.6 Å². The van der Waals surface area contributed by atoms with Crippen LogP contribution in [0.25, 0.3) is 0 Å². The minimum absolute atomic E-state index is 0. The maximum atomic E-state index is 5.55. The molecule has 1 aromatic heterocycles. The van der Waals surface area contributed by atoms with Crippen LogP contribution in [0.1, 0.15) is 36.3 Å². The van der Waals surface area contributed by atoms with Crippen LogP contribution in [0.15, 0.2) is 41.4 Å². The number of halogens is 1. The summed E-state index contributed by atoms with van der Waals surface area (Å²) in [6.45, 7) is 13.0. The number of morpholine rings is 1. The first-order valence-corrected chi connectivity index (χ1v) is 11.1. The van der Waals surface area contributed by atoms with Gasteiger partial charge in [0.05, 0.1) is 31.5 Å². The molecule has 0 aliphatic carbocycles. The summed E-state index contributed by atoms with van der Waals surface area (Å²) in [5.41, 5.74) is 3.60. The Labute approximate surface area is 203 Å². The molecule has 1 aromatic carbocycles. The Hall–Kier alpha value is -1.65. The van der Waals surface area contributed by atoms with Crippen molar-refractivity contribution in [1.29, 1.82) is 0 Å². The van der Waals surface area contributed by atoms with Crippen molar-refractivity contribution in [3.63, 3.8) is 0 Å². The van der Waals surface area contributed by atoms with E-state index in [1.165, 1.54) is 11.3 Å². The largest absolute Gasteiger partial charge is 0.379 e. The normalized spacial score (nSPS) is 15.9. The topological polar surface area (TPSA) is 66.7 Å². The van der Waals surface area contributed by atoms with Crippen molar-refractivity contribution in [3.05, 3.63) is 53.3 Å². The first kappa shape index (κ1) is 25.6. The SMILES string of the molecule is CCNC(=NCC(c1ccccc1)N1CCOCC1)NCCCn1nc(C)cc1C.I. The third-order valence-electron chi connectivity index (χ3n) is 5.38. The van der Waals surface area contributed by atoms with Crippen LogP contribution >= 0.6 is 24.0 Å². The molecule has 172 valence electrons. The van der Waals surface area contributed by atoms with E-state index in [9.17, 15) is 0 Å². The number of nitrogens with one attached hydrogen (secondary N) is 2. The number of nitrogens with zero attached hydrogens (tertiary/aromatic N) is 4. The molecule has 2 N–H and O–H groups in total. The lowest BCUT2D eigenvalue weighted by atomic mass is 10.1. The molecule has 1 unspecified atom stereocenters. The highest BCUT2D eigenvalue weighted by molar-refractivity contribution is 14.0. The number of aromatic nitrogens is 2. The molecule has 1 atom stereocenters. The lowest BCUT2D eigenvalue weighted by molar-refractivity contribution is 0.0179. The van der Waals surface area contributed by atoms with E-state index < -0.39 is 0 Å². The first-order valence-electron chi connectivity index (χ1n) is 11.1. The molecule has 0 amide bonds. The minimum Gasteiger partial charge on any atom is -0.379 e. The maximum Gasteiger partial charge on any atom is 0.191 e. The number of hydrogen-bond donors (Lipinski definition) is 2. The molecule has 1 aliphatic heterocycles. The summed E-state index contributed by atoms with van der Waals surface area (Å²) >= 11 is 0. The van der Waals surface area contributed by atoms with Crippen LogP contribution < -0.4 is 10.6 Å². The number of rotatable bonds is 9. The zero-order chi connectivity index (χ0) is 21.2. The zero-order valence-electron chi connectivity index (χ0n) is 19.0. The highest BCUT2D eigenvalue weighted by Gasteiger charge is 2.22. The molecule has 31 heavy (non-hydrogen) atoms. The summed E-state index contributed by atoms with van der Waals surface area (Å²) in [7, 11) is 0. The van der Waals surface area contributed by atoms with Crippen molar-refractivity contribution in [3.8, 4) is 0 Å². The van der Waals surface area contributed by atoms with Gasteiger partial charge in [0.25, 0.3) is 0 Å². The van der Waals surface area contributed by atoms with Gasteiger partial charge >= 0.3 is 0 Å². The van der Waals surface area contributed by atoms with Gasteiger partial charge in [-0.2, -0.15) is 5.10 Å². The Morgan fingerprint density at radius 1 is 1.16 bits per heavy atom. The van der Waals surface area contributed by atoms with E-state index in [0.717, 1.165) is 70.6 Å². The Morgan fingerprint density at radius 3 is 2.55 bits per heavy atom. The number of guanidine groups is 1. The summed E-state index contributed by atoms with van der Waals surface area (Å²) in [5, 5.41) is 11.4. The predicted molar refractivity (Wildman–Crippen MR) is 137 cm³/mol. The van der Waals surface area contributed by atoms with Crippen molar-refractivity contribution in [2.24, 2.45) is 4.99 Å². The second kappa shape index (κ2) is 13.7. The number of benzene rings is 1. The molecular formula is C23H37IN6O. The van der Waals surface area contributed by atoms with Crippen LogP contribution in [0, 0.1) is 13.8 Å². The van der Waals surface area contributed by atoms with Crippen molar-refractivity contribution < 1.29 is 4.74 Å². The predicted octanol–water partition coefficient (Wildman–Crippen LogP) is 3.14. The first-order chi connectivity index (χ1) is 14.7. The molecule has 8 heteroatoms. The molecular weight excluding hydrogens is 503 g/mol. The fourth-order valence-corrected chi connectivity index (χ4v) is 3.85. The molecule has 0 radical (unpaired) electrons. The molecule has 2 heterocycles. The Morgan fingerprint density at radius 2 is 1.90 bits per heavy atom. The number of hydrogen-bond acceptors (Lipinski definition) is 4. The fraction of sp³-hybridized carbons (Fsp3) is 0.565. The van der Waals surface area contributed by atoms with E-state index >= 15 is 0 Å². The lowest BCUT2D eigenvalue weighted by Gasteiger charge is -2.34. The summed E-state index contributed by atoms with van der Waals surface area (Å²) < 4.78 is 7.63. The van der Waals surface area contributed by atoms with E-state index in [0.29, 0.717) is 0 Å². The standard InChI is InChI=1S/C23H36N6O.HI/c1-4-24-23(25-11-8-12-29-20(3)17-19(2)27-29)26-18-22(21-9-6-5-7-10-21)28-13-15-30-16-14-28;/h5-7,9-10,17,22H,4,8,11-16,18H2,1-3H3,(H2,24,25,26);1H. The van der Waals surface area contributed by atoms with Crippen molar-refractivity contribution in [2.75, 3.05) is 45.9 Å². The second-order valence-electron chi connectivity index (χ2n) is 7.73. The van der Waals surface area contributed by atoms with Crippen LogP contribution in [0.4, 0.5) is 0 Å². The van der Waals surface area contributed by atoms with Gasteiger partial charge in [0.1, 0.15) is 0 Å².